The molecule has 0 saturated carbocycles. The van der Waals surface area contributed by atoms with Gasteiger partial charge in [0.05, 0.1) is 5.56 Å². The number of alkyl halides is 3. The number of halogens is 3. The Kier molecular flexibility index (Phi) is 4.24. The molecule has 1 aliphatic heterocycles. The van der Waals surface area contributed by atoms with Crippen molar-refractivity contribution in [2.45, 2.75) is 31.7 Å². The molecule has 0 amide bonds. The first-order valence-electron chi connectivity index (χ1n) is 6.16. The smallest absolute Gasteiger partial charge is 0.372 e. The third kappa shape index (κ3) is 3.46. The molecule has 0 aliphatic carbocycles. The van der Waals surface area contributed by atoms with Gasteiger partial charge in [0, 0.05) is 12.2 Å². The van der Waals surface area contributed by atoms with Crippen LogP contribution in [-0.2, 0) is 17.5 Å². The van der Waals surface area contributed by atoms with E-state index in [1.165, 1.54) is 12.1 Å². The normalized spacial score (nSPS) is 20.3. The Hall–Kier alpha value is -1.07. The van der Waals surface area contributed by atoms with Crippen LogP contribution < -0.4 is 5.32 Å². The van der Waals surface area contributed by atoms with Gasteiger partial charge in [-0.1, -0.05) is 18.2 Å². The number of benzene rings is 1. The summed E-state index contributed by atoms with van der Waals surface area (Å²) in [6.45, 7) is 1.85. The predicted octanol–water partition coefficient (Wildman–Crippen LogP) is 1.95. The topological polar surface area (TPSA) is 25.8 Å². The Balaban J connectivity index is 1.92. The van der Waals surface area contributed by atoms with Crippen LogP contribution in [0, 0.1) is 0 Å². The van der Waals surface area contributed by atoms with Crippen LogP contribution in [-0.4, -0.2) is 19.3 Å². The van der Waals surface area contributed by atoms with Gasteiger partial charge in [0.15, 0.2) is 0 Å². The monoisotopic (exact) mass is 260 g/mol. The van der Waals surface area contributed by atoms with E-state index in [0.29, 0.717) is 12.1 Å². The van der Waals surface area contributed by atoms with E-state index in [1.54, 1.807) is 6.07 Å². The van der Waals surface area contributed by atoms with Crippen molar-refractivity contribution in [3.05, 3.63) is 35.4 Å². The molecule has 100 valence electrons. The first-order valence-corrected chi connectivity index (χ1v) is 6.16. The fourth-order valence-electron chi connectivity index (χ4n) is 2.23. The summed E-state index contributed by atoms with van der Waals surface area (Å²) in [6.07, 6.45) is -2.01. The van der Waals surface area contributed by atoms with E-state index >= 15 is 0 Å². The van der Waals surface area contributed by atoms with Gasteiger partial charge >= 0.3 is 6.18 Å². The minimum atomic E-state index is -4.27. The molecule has 0 spiro atoms. The molecule has 0 radical (unpaired) electrons. The highest BCUT2D eigenvalue weighted by atomic mass is 19.4. The van der Waals surface area contributed by atoms with Crippen LogP contribution in [0.25, 0.3) is 0 Å². The van der Waals surface area contributed by atoms with Gasteiger partial charge < -0.3 is 10.1 Å². The molecule has 1 aromatic carbocycles. The molecule has 1 atom stereocenters. The minimum absolute atomic E-state index is 0.197. The van der Waals surface area contributed by atoms with Crippen molar-refractivity contribution >= 4 is 0 Å². The van der Waals surface area contributed by atoms with Crippen molar-refractivity contribution in [3.63, 3.8) is 0 Å². The van der Waals surface area contributed by atoms with E-state index in [4.69, 9.17) is 4.74 Å². The van der Waals surface area contributed by atoms with E-state index in [9.17, 15) is 13.2 Å². The second-order valence-corrected chi connectivity index (χ2v) is 4.52. The molecule has 2 nitrogen and oxygen atoms in total. The summed E-state index contributed by atoms with van der Waals surface area (Å²) >= 11 is 0. The van der Waals surface area contributed by atoms with E-state index in [2.05, 4.69) is 0 Å². The van der Waals surface area contributed by atoms with Gasteiger partial charge in [-0.15, -0.1) is 0 Å². The highest BCUT2D eigenvalue weighted by Gasteiger charge is 2.33. The third-order valence-electron chi connectivity index (χ3n) is 3.14. The maximum absolute atomic E-state index is 12.7. The SMILES string of the molecule is FC(F)(F)c1ccccc1C[NH2+]C[C@@H]1CCCO1. The number of rotatable bonds is 4. The van der Waals surface area contributed by atoms with E-state index in [0.717, 1.165) is 32.1 Å². The molecule has 0 bridgehead atoms. The summed E-state index contributed by atoms with van der Waals surface area (Å²) in [7, 11) is 0. The van der Waals surface area contributed by atoms with Gasteiger partial charge in [-0.05, 0) is 18.9 Å². The molecule has 0 aromatic heterocycles. The summed E-state index contributed by atoms with van der Waals surface area (Å²) in [4.78, 5) is 0. The highest BCUT2D eigenvalue weighted by molar-refractivity contribution is 5.28. The average Bonchev–Trinajstić information content (AvgIpc) is 2.81. The molecular weight excluding hydrogens is 243 g/mol. The van der Waals surface area contributed by atoms with Crippen LogP contribution in [0.15, 0.2) is 24.3 Å². The second-order valence-electron chi connectivity index (χ2n) is 4.52. The molecule has 1 aromatic rings. The Morgan fingerprint density at radius 3 is 2.72 bits per heavy atom. The van der Waals surface area contributed by atoms with E-state index in [-0.39, 0.29) is 6.10 Å². The molecule has 1 aliphatic rings. The van der Waals surface area contributed by atoms with Crippen molar-refractivity contribution < 1.29 is 23.2 Å². The second kappa shape index (κ2) is 5.71. The lowest BCUT2D eigenvalue weighted by Crippen LogP contribution is -2.84. The molecule has 5 heteroatoms. The first kappa shape index (κ1) is 13.4. The minimum Gasteiger partial charge on any atom is -0.372 e. The van der Waals surface area contributed by atoms with Gasteiger partial charge in [-0.25, -0.2) is 0 Å². The Bertz CT molecular complexity index is 386. The van der Waals surface area contributed by atoms with E-state index in [1.807, 2.05) is 5.32 Å². The van der Waals surface area contributed by atoms with Crippen molar-refractivity contribution in [3.8, 4) is 0 Å². The van der Waals surface area contributed by atoms with Crippen LogP contribution >= 0.6 is 0 Å². The Labute approximate surface area is 104 Å². The van der Waals surface area contributed by atoms with Crippen LogP contribution in [0.1, 0.15) is 24.0 Å². The molecular formula is C13H17F3NO+. The zero-order valence-electron chi connectivity index (χ0n) is 10.0. The van der Waals surface area contributed by atoms with Gasteiger partial charge in [-0.3, -0.25) is 0 Å². The number of hydrogen-bond acceptors (Lipinski definition) is 1. The standard InChI is InChI=1S/C13H16F3NO/c14-13(15,16)12-6-2-1-4-10(12)8-17-9-11-5-3-7-18-11/h1-2,4,6,11,17H,3,5,7-9H2/p+1/t11-/m0/s1. The fourth-order valence-corrected chi connectivity index (χ4v) is 2.23. The summed E-state index contributed by atoms with van der Waals surface area (Å²) in [5, 5.41) is 1.89. The van der Waals surface area contributed by atoms with Crippen molar-refractivity contribution in [2.24, 2.45) is 0 Å². The average molecular weight is 260 g/mol. The van der Waals surface area contributed by atoms with Gasteiger partial charge in [0.1, 0.15) is 19.2 Å². The van der Waals surface area contributed by atoms with Crippen molar-refractivity contribution in [1.29, 1.82) is 0 Å². The zero-order chi connectivity index (χ0) is 13.0. The van der Waals surface area contributed by atoms with E-state index < -0.39 is 11.7 Å². The Morgan fingerprint density at radius 2 is 2.06 bits per heavy atom. The summed E-state index contributed by atoms with van der Waals surface area (Å²) in [5.74, 6) is 0. The lowest BCUT2D eigenvalue weighted by molar-refractivity contribution is -0.676. The first-order chi connectivity index (χ1) is 8.57. The van der Waals surface area contributed by atoms with Gasteiger partial charge in [0.2, 0.25) is 0 Å². The quantitative estimate of drug-likeness (QED) is 0.879. The summed E-state index contributed by atoms with van der Waals surface area (Å²) < 4.78 is 43.6. The van der Waals surface area contributed by atoms with Gasteiger partial charge in [0.25, 0.3) is 0 Å². The van der Waals surface area contributed by atoms with Crippen LogP contribution in [0.3, 0.4) is 0 Å². The molecule has 1 saturated heterocycles. The number of quaternary nitrogens is 1. The Morgan fingerprint density at radius 1 is 1.28 bits per heavy atom. The number of hydrogen-bond donors (Lipinski definition) is 1. The molecule has 2 rings (SSSR count). The lowest BCUT2D eigenvalue weighted by atomic mass is 10.1. The van der Waals surface area contributed by atoms with Crippen LogP contribution in [0.4, 0.5) is 13.2 Å². The summed E-state index contributed by atoms with van der Waals surface area (Å²) in [5.41, 5.74) is -0.198. The van der Waals surface area contributed by atoms with Gasteiger partial charge in [-0.2, -0.15) is 13.2 Å². The molecule has 2 N–H and O–H groups in total. The fraction of sp³-hybridized carbons (Fsp3) is 0.538. The van der Waals surface area contributed by atoms with Crippen molar-refractivity contribution in [1.82, 2.24) is 0 Å². The lowest BCUT2D eigenvalue weighted by Gasteiger charge is -2.13. The molecule has 18 heavy (non-hydrogen) atoms. The highest BCUT2D eigenvalue weighted by Crippen LogP contribution is 2.31. The number of ether oxygens (including phenoxy) is 1. The van der Waals surface area contributed by atoms with Crippen molar-refractivity contribution in [2.75, 3.05) is 13.2 Å². The maximum Gasteiger partial charge on any atom is 0.416 e. The number of nitrogens with two attached hydrogens (primary N) is 1. The molecule has 1 heterocycles. The largest absolute Gasteiger partial charge is 0.416 e. The predicted molar refractivity (Wildman–Crippen MR) is 60.9 cm³/mol. The van der Waals surface area contributed by atoms with Crippen LogP contribution in [0.5, 0.6) is 0 Å². The third-order valence-corrected chi connectivity index (χ3v) is 3.14. The van der Waals surface area contributed by atoms with Crippen LogP contribution in [0.2, 0.25) is 0 Å². The molecule has 1 fully saturated rings. The maximum atomic E-state index is 12.7. The summed E-state index contributed by atoms with van der Waals surface area (Å²) in [6, 6.07) is 5.74. The molecule has 0 unspecified atom stereocenters. The zero-order valence-corrected chi connectivity index (χ0v) is 10.0.